The maximum Gasteiger partial charge on any atom is 0.573 e. The summed E-state index contributed by atoms with van der Waals surface area (Å²) in [5.41, 5.74) is 6.32. The molecule has 0 saturated heterocycles. The van der Waals surface area contributed by atoms with E-state index in [1.54, 1.807) is 0 Å². The molecule has 112 valence electrons. The van der Waals surface area contributed by atoms with Crippen molar-refractivity contribution in [3.63, 3.8) is 0 Å². The Labute approximate surface area is 113 Å². The summed E-state index contributed by atoms with van der Waals surface area (Å²) in [5.74, 6) is -0.866. The summed E-state index contributed by atoms with van der Waals surface area (Å²) in [6, 6.07) is 4.53. The van der Waals surface area contributed by atoms with Gasteiger partial charge in [-0.25, -0.2) is 4.79 Å². The number of esters is 1. The topological polar surface area (TPSA) is 70.8 Å². The minimum atomic E-state index is -4.73. The first kappa shape index (κ1) is 16.3. The van der Waals surface area contributed by atoms with Crippen LogP contribution in [0.25, 0.3) is 0 Å². The Hall–Kier alpha value is -1.80. The largest absolute Gasteiger partial charge is 0.573 e. The molecule has 0 amide bonds. The summed E-state index contributed by atoms with van der Waals surface area (Å²) in [6.45, 7) is -0.200. The van der Waals surface area contributed by atoms with Crippen molar-refractivity contribution >= 4 is 5.97 Å². The molecule has 0 heterocycles. The van der Waals surface area contributed by atoms with E-state index in [1.165, 1.54) is 19.2 Å². The van der Waals surface area contributed by atoms with Crippen LogP contribution in [0.3, 0.4) is 0 Å². The number of carbonyl (C=O) groups excluding carboxylic acids is 1. The number of hydrogen-bond acceptors (Lipinski definition) is 5. The molecule has 0 aliphatic rings. The van der Waals surface area contributed by atoms with Gasteiger partial charge in [-0.05, 0) is 17.7 Å². The second kappa shape index (κ2) is 7.11. The average molecular weight is 293 g/mol. The molecule has 1 atom stereocenters. The molecule has 0 spiro atoms. The van der Waals surface area contributed by atoms with Crippen molar-refractivity contribution < 1.29 is 32.2 Å². The first-order chi connectivity index (χ1) is 9.31. The smallest absolute Gasteiger partial charge is 0.467 e. The highest BCUT2D eigenvalue weighted by atomic mass is 19.4. The molecule has 1 rings (SSSR count). The zero-order valence-electron chi connectivity index (χ0n) is 10.6. The minimum absolute atomic E-state index is 0.0363. The zero-order valence-corrected chi connectivity index (χ0v) is 10.6. The predicted octanol–water partition coefficient (Wildman–Crippen LogP) is 1.77. The zero-order chi connectivity index (χ0) is 15.2. The van der Waals surface area contributed by atoms with Gasteiger partial charge in [-0.3, -0.25) is 0 Å². The Balaban J connectivity index is 2.49. The van der Waals surface area contributed by atoms with E-state index in [0.29, 0.717) is 5.56 Å². The van der Waals surface area contributed by atoms with Crippen LogP contribution in [0, 0.1) is 0 Å². The van der Waals surface area contributed by atoms with Crippen LogP contribution in [0.1, 0.15) is 11.6 Å². The molecule has 0 aliphatic carbocycles. The number of nitrogens with two attached hydrogens (primary N) is 1. The third-order valence-electron chi connectivity index (χ3n) is 2.29. The van der Waals surface area contributed by atoms with E-state index in [4.69, 9.17) is 10.5 Å². The second-order valence-electron chi connectivity index (χ2n) is 3.81. The number of ether oxygens (including phenoxy) is 3. The van der Waals surface area contributed by atoms with Gasteiger partial charge in [0, 0.05) is 0 Å². The average Bonchev–Trinajstić information content (AvgIpc) is 2.37. The molecule has 0 saturated carbocycles. The molecule has 1 aromatic carbocycles. The Morgan fingerprint density at radius 1 is 1.30 bits per heavy atom. The molecule has 5 nitrogen and oxygen atoms in total. The van der Waals surface area contributed by atoms with Crippen molar-refractivity contribution in [1.29, 1.82) is 0 Å². The highest BCUT2D eigenvalue weighted by molar-refractivity contribution is 5.70. The molecule has 20 heavy (non-hydrogen) atoms. The van der Waals surface area contributed by atoms with Crippen LogP contribution in [-0.4, -0.2) is 32.7 Å². The lowest BCUT2D eigenvalue weighted by atomic mass is 10.1. The third kappa shape index (κ3) is 5.89. The predicted molar refractivity (Wildman–Crippen MR) is 62.9 cm³/mol. The quantitative estimate of drug-likeness (QED) is 0.809. The fourth-order valence-electron chi connectivity index (χ4n) is 1.34. The van der Waals surface area contributed by atoms with Crippen molar-refractivity contribution in [2.45, 2.75) is 12.4 Å². The molecule has 0 fully saturated rings. The Bertz CT molecular complexity index is 433. The number of alkyl halides is 3. The SMILES string of the molecule is COC(=O)COCC(N)c1ccc(OC(F)(F)F)cc1. The van der Waals surface area contributed by atoms with Crippen LogP contribution < -0.4 is 10.5 Å². The van der Waals surface area contributed by atoms with E-state index in [0.717, 1.165) is 12.1 Å². The second-order valence-corrected chi connectivity index (χ2v) is 3.81. The normalized spacial score (nSPS) is 12.8. The van der Waals surface area contributed by atoms with Crippen LogP contribution in [0.5, 0.6) is 5.75 Å². The number of carbonyl (C=O) groups is 1. The third-order valence-corrected chi connectivity index (χ3v) is 2.29. The van der Waals surface area contributed by atoms with Crippen molar-refractivity contribution in [3.05, 3.63) is 29.8 Å². The van der Waals surface area contributed by atoms with Gasteiger partial charge in [0.2, 0.25) is 0 Å². The number of rotatable bonds is 6. The van der Waals surface area contributed by atoms with Crippen LogP contribution in [0.15, 0.2) is 24.3 Å². The molecular weight excluding hydrogens is 279 g/mol. The van der Waals surface area contributed by atoms with Crippen LogP contribution in [-0.2, 0) is 14.3 Å². The molecule has 1 unspecified atom stereocenters. The molecular formula is C12H14F3NO4. The Morgan fingerprint density at radius 3 is 2.40 bits per heavy atom. The van der Waals surface area contributed by atoms with Crippen molar-refractivity contribution in [3.8, 4) is 5.75 Å². The summed E-state index contributed by atoms with van der Waals surface area (Å²) in [5, 5.41) is 0. The Morgan fingerprint density at radius 2 is 1.90 bits per heavy atom. The number of hydrogen-bond donors (Lipinski definition) is 1. The summed E-state index contributed by atoms with van der Waals surface area (Å²) < 4.78 is 49.0. The van der Waals surface area contributed by atoms with E-state index in [-0.39, 0.29) is 19.0 Å². The lowest BCUT2D eigenvalue weighted by molar-refractivity contribution is -0.274. The highest BCUT2D eigenvalue weighted by Gasteiger charge is 2.31. The van der Waals surface area contributed by atoms with E-state index in [1.807, 2.05) is 0 Å². The minimum Gasteiger partial charge on any atom is -0.467 e. The first-order valence-corrected chi connectivity index (χ1v) is 5.57. The highest BCUT2D eigenvalue weighted by Crippen LogP contribution is 2.23. The summed E-state index contributed by atoms with van der Waals surface area (Å²) in [7, 11) is 1.23. The maximum atomic E-state index is 12.0. The van der Waals surface area contributed by atoms with Gasteiger partial charge in [-0.1, -0.05) is 12.1 Å². The van der Waals surface area contributed by atoms with Gasteiger partial charge >= 0.3 is 12.3 Å². The first-order valence-electron chi connectivity index (χ1n) is 5.57. The standard InChI is InChI=1S/C12H14F3NO4/c1-18-11(17)7-19-6-10(16)8-2-4-9(5-3-8)20-12(13,14)15/h2-5,10H,6-7,16H2,1H3. The van der Waals surface area contributed by atoms with Crippen LogP contribution in [0.2, 0.25) is 0 Å². The summed E-state index contributed by atoms with van der Waals surface area (Å²) >= 11 is 0. The maximum absolute atomic E-state index is 12.0. The van der Waals surface area contributed by atoms with E-state index in [2.05, 4.69) is 9.47 Å². The van der Waals surface area contributed by atoms with Crippen molar-refractivity contribution in [1.82, 2.24) is 0 Å². The van der Waals surface area contributed by atoms with Gasteiger partial charge in [-0.2, -0.15) is 0 Å². The fraction of sp³-hybridized carbons (Fsp3) is 0.417. The van der Waals surface area contributed by atoms with Gasteiger partial charge in [0.05, 0.1) is 19.8 Å². The molecule has 1 aromatic rings. The van der Waals surface area contributed by atoms with Crippen LogP contribution >= 0.6 is 0 Å². The summed E-state index contributed by atoms with van der Waals surface area (Å²) in [6.07, 6.45) is -4.73. The summed E-state index contributed by atoms with van der Waals surface area (Å²) in [4.78, 5) is 10.8. The number of halogens is 3. The lowest BCUT2D eigenvalue weighted by Crippen LogP contribution is -2.20. The molecule has 0 bridgehead atoms. The molecule has 0 aromatic heterocycles. The monoisotopic (exact) mass is 293 g/mol. The van der Waals surface area contributed by atoms with Crippen LogP contribution in [0.4, 0.5) is 13.2 Å². The van der Waals surface area contributed by atoms with Gasteiger partial charge in [0.15, 0.2) is 0 Å². The van der Waals surface area contributed by atoms with Gasteiger partial charge in [0.1, 0.15) is 12.4 Å². The lowest BCUT2D eigenvalue weighted by Gasteiger charge is -2.13. The molecule has 0 aliphatic heterocycles. The number of methoxy groups -OCH3 is 1. The van der Waals surface area contributed by atoms with E-state index in [9.17, 15) is 18.0 Å². The van der Waals surface area contributed by atoms with E-state index >= 15 is 0 Å². The molecule has 0 radical (unpaired) electrons. The van der Waals surface area contributed by atoms with Gasteiger partial charge in [0.25, 0.3) is 0 Å². The van der Waals surface area contributed by atoms with Gasteiger partial charge < -0.3 is 19.9 Å². The van der Waals surface area contributed by atoms with E-state index < -0.39 is 18.4 Å². The van der Waals surface area contributed by atoms with Gasteiger partial charge in [-0.15, -0.1) is 13.2 Å². The Kier molecular flexibility index (Phi) is 5.78. The van der Waals surface area contributed by atoms with Crippen molar-refractivity contribution in [2.24, 2.45) is 5.73 Å². The number of benzene rings is 1. The molecule has 2 N–H and O–H groups in total. The fourth-order valence-corrected chi connectivity index (χ4v) is 1.34. The molecule has 8 heteroatoms. The van der Waals surface area contributed by atoms with Crippen molar-refractivity contribution in [2.75, 3.05) is 20.3 Å².